The molecule has 0 saturated heterocycles. The van der Waals surface area contributed by atoms with E-state index in [2.05, 4.69) is 325 Å². The Labute approximate surface area is 673 Å². The number of fused-ring (bicyclic) bond motifs is 12. The largest absolute Gasteiger partial charge is 0.309 e. The van der Waals surface area contributed by atoms with Crippen molar-refractivity contribution in [2.75, 3.05) is 0 Å². The van der Waals surface area contributed by atoms with Gasteiger partial charge in [0.2, 0.25) is 0 Å². The van der Waals surface area contributed by atoms with Crippen LogP contribution in [0.4, 0.5) is 5.69 Å². The molecule has 12 heteroatoms. The molecule has 20 aromatic rings. The summed E-state index contributed by atoms with van der Waals surface area (Å²) in [6, 6.07) is 98.5. The second-order valence-electron chi connectivity index (χ2n) is 31.3. The summed E-state index contributed by atoms with van der Waals surface area (Å²) < 4.78 is 9.53. The first-order valence-electron chi connectivity index (χ1n) is 39.3. The van der Waals surface area contributed by atoms with Gasteiger partial charge in [0.05, 0.1) is 85.1 Å². The lowest BCUT2D eigenvalue weighted by atomic mass is 9.95. The SMILES string of the molecule is Cc1ccc2c(c1)c1cc(C)ccc1n2-c1cc(-c2cccc(C#N)c2)ccc1-c1ccc(-n2c3ccc(C)cc3c3cc(C)ccc32)c(-c2nc(C)nc(C)n2)c1.[C-]#[N+]c1cccc(-c2ccc(-n3c4ccc(C)cc4c4cc(C)ccc43)c(-c3ccc(-n4c5ccc(C)cc5c5cc(C)ccc54)c(-c4nc(C)nc(C)n4)c3)c2)c1. The molecule has 0 unspecified atom stereocenters. The van der Waals surface area contributed by atoms with Crippen LogP contribution < -0.4 is 0 Å². The first-order valence-corrected chi connectivity index (χ1v) is 39.3. The number of aromatic nitrogens is 10. The van der Waals surface area contributed by atoms with Crippen molar-refractivity contribution < 1.29 is 0 Å². The summed E-state index contributed by atoms with van der Waals surface area (Å²) in [5.74, 6) is 3.95. The van der Waals surface area contributed by atoms with Gasteiger partial charge >= 0.3 is 0 Å². The third kappa shape index (κ3) is 12.5. The van der Waals surface area contributed by atoms with Gasteiger partial charge in [-0.05, 0) is 274 Å². The highest BCUT2D eigenvalue weighted by molar-refractivity contribution is 6.14. The highest BCUT2D eigenvalue weighted by Gasteiger charge is 2.26. The van der Waals surface area contributed by atoms with Crippen LogP contribution in [-0.4, -0.2) is 48.2 Å². The molecule has 0 atom stereocenters. The molecule has 0 N–H and O–H groups in total. The second-order valence-corrected chi connectivity index (χ2v) is 31.3. The normalized spacial score (nSPS) is 11.6. The Balaban J connectivity index is 0.000000155. The van der Waals surface area contributed by atoms with Gasteiger partial charge in [0, 0.05) is 65.3 Å². The third-order valence-electron chi connectivity index (χ3n) is 22.7. The molecule has 6 heterocycles. The molecule has 0 bridgehead atoms. The van der Waals surface area contributed by atoms with Gasteiger partial charge in [-0.1, -0.05) is 154 Å². The van der Waals surface area contributed by atoms with Gasteiger partial charge in [-0.25, -0.2) is 34.7 Å². The van der Waals surface area contributed by atoms with Crippen molar-refractivity contribution in [2.24, 2.45) is 0 Å². The molecule has 6 aromatic heterocycles. The Hall–Kier alpha value is -14.7. The van der Waals surface area contributed by atoms with Crippen molar-refractivity contribution >= 4 is 92.9 Å². The van der Waals surface area contributed by atoms with E-state index >= 15 is 0 Å². The zero-order valence-electron chi connectivity index (χ0n) is 66.8. The highest BCUT2D eigenvalue weighted by atomic mass is 15.1. The van der Waals surface area contributed by atoms with E-state index in [4.69, 9.17) is 26.5 Å². The summed E-state index contributed by atoms with van der Waals surface area (Å²) in [6.45, 7) is 32.7. The number of rotatable bonds is 10. The minimum Gasteiger partial charge on any atom is -0.309 e. The van der Waals surface area contributed by atoms with Gasteiger partial charge in [-0.2, -0.15) is 5.26 Å². The summed E-state index contributed by atoms with van der Waals surface area (Å²) in [4.78, 5) is 32.8. The van der Waals surface area contributed by atoms with E-state index in [1.807, 2.05) is 64.1 Å². The summed E-state index contributed by atoms with van der Waals surface area (Å²) in [7, 11) is 0. The maximum Gasteiger partial charge on any atom is 0.187 e. The average molecular weight is 1500 g/mol. The Morgan fingerprint density at radius 3 is 0.888 bits per heavy atom. The van der Waals surface area contributed by atoms with Crippen molar-refractivity contribution in [3.63, 3.8) is 0 Å². The van der Waals surface area contributed by atoms with Crippen molar-refractivity contribution in [1.29, 1.82) is 5.26 Å². The summed E-state index contributed by atoms with van der Waals surface area (Å²) >= 11 is 0. The molecule has 14 aromatic carbocycles. The molecule has 0 radical (unpaired) electrons. The van der Waals surface area contributed by atoms with Gasteiger partial charge in [0.25, 0.3) is 0 Å². The monoisotopic (exact) mass is 1500 g/mol. The maximum atomic E-state index is 9.80. The summed E-state index contributed by atoms with van der Waals surface area (Å²) in [6.07, 6.45) is 0. The third-order valence-corrected chi connectivity index (χ3v) is 22.7. The Morgan fingerprint density at radius 1 is 0.250 bits per heavy atom. The van der Waals surface area contributed by atoms with E-state index in [9.17, 15) is 5.26 Å². The van der Waals surface area contributed by atoms with Crippen LogP contribution in [0, 0.1) is 101 Å². The lowest BCUT2D eigenvalue weighted by Gasteiger charge is -2.19. The zero-order chi connectivity index (χ0) is 79.6. The standard InChI is InChI=1S/2C52H40N6/c1-30-11-17-47-41(23-30)42-24-31(2)12-18-48(42)57(47)46-21-15-37(36-9-8-10-39(27-36)53-7)28-40(46)38-16-22-51(45(29-38)52-55-34(5)54-35(6)56-52)58-49-19-13-32(3)25-43(49)44-26-33(4)14-20-50(44)58;1-30-10-17-46-41(22-30)42-23-31(2)11-18-47(42)57(46)50-21-15-39(27-45(50)52-55-34(5)54-35(6)56-52)40-16-14-38(37-9-7-8-36(26-37)29-53)28-51(40)58-48-19-12-32(3)24-43(48)44-25-33(4)13-20-49(44)58/h8-29H,1-6H3;7-28H,1-6H3. The van der Waals surface area contributed by atoms with Crippen LogP contribution in [0.3, 0.4) is 0 Å². The van der Waals surface area contributed by atoms with E-state index in [1.54, 1.807) is 0 Å². The molecule has 0 amide bonds. The number of hydrogen-bond donors (Lipinski definition) is 0. The van der Waals surface area contributed by atoms with Crippen molar-refractivity contribution in [1.82, 2.24) is 48.2 Å². The van der Waals surface area contributed by atoms with Crippen LogP contribution in [0.1, 0.15) is 73.4 Å². The lowest BCUT2D eigenvalue weighted by Crippen LogP contribution is -2.04. The van der Waals surface area contributed by atoms with Crippen LogP contribution in [-0.2, 0) is 0 Å². The Bertz CT molecular complexity index is 7370. The van der Waals surface area contributed by atoms with Crippen molar-refractivity contribution in [2.45, 2.75) is 83.1 Å². The van der Waals surface area contributed by atoms with Crippen LogP contribution in [0.5, 0.6) is 0 Å². The Morgan fingerprint density at radius 2 is 0.534 bits per heavy atom. The highest BCUT2D eigenvalue weighted by Crippen LogP contribution is 2.46. The fourth-order valence-corrected chi connectivity index (χ4v) is 17.5. The van der Waals surface area contributed by atoms with E-state index in [0.717, 1.165) is 123 Å². The number of benzene rings is 14. The number of nitrogens with zero attached hydrogens (tertiary/aromatic N) is 12. The molecule has 0 aliphatic heterocycles. The first kappa shape index (κ1) is 71.6. The Kier molecular flexibility index (Phi) is 17.4. The molecular weight excluding hydrogens is 1420 g/mol. The smallest absolute Gasteiger partial charge is 0.187 e. The molecule has 12 nitrogen and oxygen atoms in total. The molecule has 0 aliphatic rings. The number of hydrogen-bond acceptors (Lipinski definition) is 7. The summed E-state index contributed by atoms with van der Waals surface area (Å²) in [5, 5.41) is 19.5. The first-order chi connectivity index (χ1) is 56.3. The van der Waals surface area contributed by atoms with Gasteiger partial charge in [-0.3, -0.25) is 0 Å². The molecule has 0 aliphatic carbocycles. The minimum atomic E-state index is 0.611. The van der Waals surface area contributed by atoms with E-state index in [-0.39, 0.29) is 0 Å². The quantitative estimate of drug-likeness (QED) is 0.125. The molecule has 116 heavy (non-hydrogen) atoms. The fourth-order valence-electron chi connectivity index (χ4n) is 17.5. The topological polar surface area (TPSA) is 125 Å². The fraction of sp³-hybridized carbons (Fsp3) is 0.115. The second kappa shape index (κ2) is 28.2. The lowest BCUT2D eigenvalue weighted by molar-refractivity contribution is 0.926. The molecule has 0 saturated carbocycles. The van der Waals surface area contributed by atoms with Gasteiger partial charge in [0.1, 0.15) is 23.3 Å². The predicted octanol–water partition coefficient (Wildman–Crippen LogP) is 26.3. The van der Waals surface area contributed by atoms with Crippen LogP contribution in [0.2, 0.25) is 0 Å². The van der Waals surface area contributed by atoms with Crippen LogP contribution in [0.25, 0.3) is 182 Å². The number of nitriles is 1. The summed E-state index contributed by atoms with van der Waals surface area (Å²) in [5.41, 5.74) is 34.2. The van der Waals surface area contributed by atoms with E-state index < -0.39 is 0 Å². The maximum absolute atomic E-state index is 9.80. The average Bonchev–Trinajstić information content (AvgIpc) is 1.58. The van der Waals surface area contributed by atoms with Crippen LogP contribution >= 0.6 is 0 Å². The molecule has 556 valence electrons. The molecule has 0 spiro atoms. The van der Waals surface area contributed by atoms with Crippen molar-refractivity contribution in [3.8, 4) is 96.1 Å². The van der Waals surface area contributed by atoms with Gasteiger partial charge in [0.15, 0.2) is 17.3 Å². The minimum absolute atomic E-state index is 0.611. The van der Waals surface area contributed by atoms with Crippen molar-refractivity contribution in [3.05, 3.63) is 352 Å². The van der Waals surface area contributed by atoms with Crippen LogP contribution in [0.15, 0.2) is 267 Å². The molecular formula is C104H80N12. The van der Waals surface area contributed by atoms with Gasteiger partial charge in [-0.15, -0.1) is 0 Å². The van der Waals surface area contributed by atoms with E-state index in [0.29, 0.717) is 46.2 Å². The molecule has 20 rings (SSSR count). The molecule has 0 fully saturated rings. The number of aryl methyl sites for hydroxylation is 12. The predicted molar refractivity (Wildman–Crippen MR) is 477 cm³/mol. The van der Waals surface area contributed by atoms with E-state index in [1.165, 1.54) is 87.6 Å². The zero-order valence-corrected chi connectivity index (χ0v) is 66.8. The van der Waals surface area contributed by atoms with Gasteiger partial charge < -0.3 is 18.3 Å².